The molecule has 2 aromatic heterocycles. The van der Waals surface area contributed by atoms with Crippen molar-refractivity contribution < 1.29 is 9.59 Å². The van der Waals surface area contributed by atoms with Gasteiger partial charge >= 0.3 is 0 Å². The minimum Gasteiger partial charge on any atom is -0.337 e. The first-order valence-electron chi connectivity index (χ1n) is 7.26. The SMILES string of the molecule is O=C(c1ccccn1)[C@H]1CCCN(C(=O)c2cnccn2)C1. The summed E-state index contributed by atoms with van der Waals surface area (Å²) in [6, 6.07) is 5.29. The van der Waals surface area contributed by atoms with Crippen LogP contribution in [0.25, 0.3) is 0 Å². The number of amides is 1. The number of carbonyl (C=O) groups is 2. The molecule has 0 bridgehead atoms. The average Bonchev–Trinajstić information content (AvgIpc) is 2.62. The van der Waals surface area contributed by atoms with Crippen molar-refractivity contribution in [2.24, 2.45) is 5.92 Å². The maximum absolute atomic E-state index is 12.5. The van der Waals surface area contributed by atoms with Crippen LogP contribution in [-0.2, 0) is 0 Å². The Morgan fingerprint density at radius 2 is 1.95 bits per heavy atom. The molecule has 6 nitrogen and oxygen atoms in total. The van der Waals surface area contributed by atoms with Crippen LogP contribution in [0.3, 0.4) is 0 Å². The molecule has 0 aromatic carbocycles. The van der Waals surface area contributed by atoms with Crippen LogP contribution >= 0.6 is 0 Å². The zero-order chi connectivity index (χ0) is 15.4. The minimum atomic E-state index is -0.204. The van der Waals surface area contributed by atoms with E-state index in [1.165, 1.54) is 18.6 Å². The van der Waals surface area contributed by atoms with Crippen molar-refractivity contribution in [2.45, 2.75) is 12.8 Å². The number of likely N-dealkylation sites (tertiary alicyclic amines) is 1. The number of hydrogen-bond donors (Lipinski definition) is 0. The number of ketones is 1. The second kappa shape index (κ2) is 6.43. The number of piperidine rings is 1. The van der Waals surface area contributed by atoms with Crippen LogP contribution in [0.4, 0.5) is 0 Å². The lowest BCUT2D eigenvalue weighted by atomic mass is 9.92. The molecule has 0 unspecified atom stereocenters. The monoisotopic (exact) mass is 296 g/mol. The molecule has 0 aliphatic carbocycles. The smallest absolute Gasteiger partial charge is 0.274 e. The Morgan fingerprint density at radius 3 is 2.68 bits per heavy atom. The van der Waals surface area contributed by atoms with E-state index in [-0.39, 0.29) is 17.6 Å². The zero-order valence-corrected chi connectivity index (χ0v) is 12.1. The van der Waals surface area contributed by atoms with E-state index < -0.39 is 0 Å². The Balaban J connectivity index is 1.72. The maximum Gasteiger partial charge on any atom is 0.274 e. The second-order valence-corrected chi connectivity index (χ2v) is 5.26. The van der Waals surface area contributed by atoms with E-state index in [1.54, 1.807) is 29.3 Å². The Bertz CT molecular complexity index is 603. The third kappa shape index (κ3) is 3.00. The van der Waals surface area contributed by atoms with Gasteiger partial charge in [0.1, 0.15) is 11.4 Å². The summed E-state index contributed by atoms with van der Waals surface area (Å²) in [7, 11) is 0. The van der Waals surface area contributed by atoms with Gasteiger partial charge in [0.25, 0.3) is 5.91 Å². The molecule has 22 heavy (non-hydrogen) atoms. The number of aromatic nitrogens is 3. The molecule has 0 radical (unpaired) electrons. The van der Waals surface area contributed by atoms with E-state index in [2.05, 4.69) is 15.0 Å². The summed E-state index contributed by atoms with van der Waals surface area (Å²) in [6.07, 6.45) is 7.66. The van der Waals surface area contributed by atoms with Gasteiger partial charge in [0, 0.05) is 37.6 Å². The van der Waals surface area contributed by atoms with Gasteiger partial charge in [0.15, 0.2) is 5.78 Å². The molecule has 0 spiro atoms. The predicted octanol–water partition coefficient (Wildman–Crippen LogP) is 1.61. The third-order valence-corrected chi connectivity index (χ3v) is 3.78. The molecule has 0 N–H and O–H groups in total. The van der Waals surface area contributed by atoms with Gasteiger partial charge in [0.2, 0.25) is 0 Å². The van der Waals surface area contributed by atoms with E-state index >= 15 is 0 Å². The van der Waals surface area contributed by atoms with Crippen molar-refractivity contribution in [2.75, 3.05) is 13.1 Å². The number of nitrogens with zero attached hydrogens (tertiary/aromatic N) is 4. The quantitative estimate of drug-likeness (QED) is 0.804. The second-order valence-electron chi connectivity index (χ2n) is 5.26. The van der Waals surface area contributed by atoms with Crippen LogP contribution < -0.4 is 0 Å². The first kappa shape index (κ1) is 14.3. The highest BCUT2D eigenvalue weighted by Crippen LogP contribution is 2.21. The lowest BCUT2D eigenvalue weighted by Gasteiger charge is -2.31. The first-order valence-corrected chi connectivity index (χ1v) is 7.26. The molecule has 3 heterocycles. The lowest BCUT2D eigenvalue weighted by molar-refractivity contribution is 0.0630. The average molecular weight is 296 g/mol. The van der Waals surface area contributed by atoms with Crippen LogP contribution in [0.1, 0.15) is 33.8 Å². The summed E-state index contributed by atoms with van der Waals surface area (Å²) < 4.78 is 0. The standard InChI is InChI=1S/C16H16N4O2/c21-15(13-5-1-2-6-18-13)12-4-3-9-20(11-12)16(22)14-10-17-7-8-19-14/h1-2,5-8,10,12H,3-4,9,11H2/t12-/m0/s1. The third-order valence-electron chi connectivity index (χ3n) is 3.78. The van der Waals surface area contributed by atoms with E-state index in [9.17, 15) is 9.59 Å². The highest BCUT2D eigenvalue weighted by molar-refractivity contribution is 5.97. The predicted molar refractivity (Wildman–Crippen MR) is 79.2 cm³/mol. The molecule has 1 aliphatic rings. The summed E-state index contributed by atoms with van der Waals surface area (Å²) in [6.45, 7) is 1.05. The van der Waals surface area contributed by atoms with E-state index in [0.29, 0.717) is 24.5 Å². The fourth-order valence-electron chi connectivity index (χ4n) is 2.66. The first-order chi connectivity index (χ1) is 10.8. The van der Waals surface area contributed by atoms with Gasteiger partial charge in [-0.2, -0.15) is 0 Å². The Morgan fingerprint density at radius 1 is 1.09 bits per heavy atom. The molecule has 1 aliphatic heterocycles. The Hall–Kier alpha value is -2.63. The van der Waals surface area contributed by atoms with Gasteiger partial charge in [-0.3, -0.25) is 19.6 Å². The number of Topliss-reactive ketones (excluding diaryl/α,β-unsaturated/α-hetero) is 1. The maximum atomic E-state index is 12.5. The summed E-state index contributed by atoms with van der Waals surface area (Å²) in [5.74, 6) is -0.381. The molecular weight excluding hydrogens is 280 g/mol. The van der Waals surface area contributed by atoms with Gasteiger partial charge in [-0.15, -0.1) is 0 Å². The van der Waals surface area contributed by atoms with Gasteiger partial charge in [-0.05, 0) is 25.0 Å². The molecule has 3 rings (SSSR count). The molecular formula is C16H16N4O2. The van der Waals surface area contributed by atoms with Crippen molar-refractivity contribution in [3.8, 4) is 0 Å². The van der Waals surface area contributed by atoms with Crippen LogP contribution in [0.5, 0.6) is 0 Å². The molecule has 2 aromatic rings. The fourth-order valence-corrected chi connectivity index (χ4v) is 2.66. The number of rotatable bonds is 3. The van der Waals surface area contributed by atoms with Crippen LogP contribution in [-0.4, -0.2) is 44.6 Å². The zero-order valence-electron chi connectivity index (χ0n) is 12.1. The molecule has 112 valence electrons. The molecule has 0 saturated carbocycles. The largest absolute Gasteiger partial charge is 0.337 e. The van der Waals surface area contributed by atoms with Crippen molar-refractivity contribution in [1.29, 1.82) is 0 Å². The number of hydrogen-bond acceptors (Lipinski definition) is 5. The lowest BCUT2D eigenvalue weighted by Crippen LogP contribution is -2.42. The fraction of sp³-hybridized carbons (Fsp3) is 0.312. The van der Waals surface area contributed by atoms with Crippen molar-refractivity contribution in [3.05, 3.63) is 54.4 Å². The summed E-state index contributed by atoms with van der Waals surface area (Å²) >= 11 is 0. The topological polar surface area (TPSA) is 76.1 Å². The van der Waals surface area contributed by atoms with Crippen molar-refractivity contribution >= 4 is 11.7 Å². The van der Waals surface area contributed by atoms with Crippen LogP contribution in [0, 0.1) is 5.92 Å². The van der Waals surface area contributed by atoms with E-state index in [1.807, 2.05) is 0 Å². The minimum absolute atomic E-state index is 0.00255. The molecule has 1 saturated heterocycles. The highest BCUT2D eigenvalue weighted by atomic mass is 16.2. The molecule has 1 fully saturated rings. The van der Waals surface area contributed by atoms with Crippen LogP contribution in [0.15, 0.2) is 43.0 Å². The van der Waals surface area contributed by atoms with Crippen molar-refractivity contribution in [3.63, 3.8) is 0 Å². The van der Waals surface area contributed by atoms with Gasteiger partial charge in [-0.25, -0.2) is 4.98 Å². The van der Waals surface area contributed by atoms with E-state index in [4.69, 9.17) is 0 Å². The van der Waals surface area contributed by atoms with Crippen molar-refractivity contribution in [1.82, 2.24) is 19.9 Å². The molecule has 1 atom stereocenters. The summed E-state index contributed by atoms with van der Waals surface area (Å²) in [5.41, 5.74) is 0.773. The number of carbonyl (C=O) groups excluding carboxylic acids is 2. The molecule has 1 amide bonds. The molecule has 6 heteroatoms. The van der Waals surface area contributed by atoms with Gasteiger partial charge in [-0.1, -0.05) is 6.07 Å². The van der Waals surface area contributed by atoms with Crippen LogP contribution in [0.2, 0.25) is 0 Å². The van der Waals surface area contributed by atoms with Gasteiger partial charge in [0.05, 0.1) is 6.20 Å². The normalized spacial score (nSPS) is 18.0. The summed E-state index contributed by atoms with van der Waals surface area (Å²) in [5, 5.41) is 0. The van der Waals surface area contributed by atoms with Gasteiger partial charge < -0.3 is 4.90 Å². The Kier molecular flexibility index (Phi) is 4.18. The summed E-state index contributed by atoms with van der Waals surface area (Å²) in [4.78, 5) is 38.6. The van der Waals surface area contributed by atoms with E-state index in [0.717, 1.165) is 12.8 Å². The number of pyridine rings is 1. The Labute approximate surface area is 128 Å². The highest BCUT2D eigenvalue weighted by Gasteiger charge is 2.30.